The topological polar surface area (TPSA) is 37.3 Å². The number of hydrogen-bond acceptors (Lipinski definition) is 5. The van der Waals surface area contributed by atoms with Crippen molar-refractivity contribution in [2.75, 3.05) is 18.1 Å². The van der Waals surface area contributed by atoms with Crippen molar-refractivity contribution in [3.8, 4) is 0 Å². The quantitative estimate of drug-likeness (QED) is 0.359. The Morgan fingerprint density at radius 3 is 2.75 bits per heavy atom. The van der Waals surface area contributed by atoms with Gasteiger partial charge in [0.25, 0.3) is 0 Å². The van der Waals surface area contributed by atoms with Gasteiger partial charge < -0.3 is 5.11 Å². The highest BCUT2D eigenvalue weighted by molar-refractivity contribution is 8.22. The zero-order chi connectivity index (χ0) is 14.6. The molecule has 0 aliphatic carbocycles. The average Bonchev–Trinajstić information content (AvgIpc) is 2.98. The molecule has 0 spiro atoms. The largest absolute Gasteiger partial charge is 0.396 e. The van der Waals surface area contributed by atoms with E-state index in [1.165, 1.54) is 37.0 Å². The third kappa shape index (κ3) is 7.53. The van der Waals surface area contributed by atoms with E-state index in [0.717, 1.165) is 14.9 Å². The first-order chi connectivity index (χ1) is 9.77. The van der Waals surface area contributed by atoms with Crippen LogP contribution in [-0.4, -0.2) is 29.0 Å². The molecule has 1 heterocycles. The smallest absolute Gasteiger partial charge is 0.197 e. The summed E-state index contributed by atoms with van der Waals surface area (Å²) in [6.45, 7) is 2.35. The third-order valence-electron chi connectivity index (χ3n) is 2.59. The van der Waals surface area contributed by atoms with Crippen molar-refractivity contribution < 1.29 is 9.90 Å². The van der Waals surface area contributed by atoms with Gasteiger partial charge in [0.15, 0.2) is 5.78 Å². The minimum atomic E-state index is 0.0708. The number of thiophene rings is 1. The molecule has 0 saturated carbocycles. The number of carbonyl (C=O) groups excluding carboxylic acids is 1. The van der Waals surface area contributed by atoms with Crippen LogP contribution in [0.15, 0.2) is 27.8 Å². The molecule has 0 amide bonds. The SMILES string of the molecule is CCCCCCSC(=CC(=O)c1cccs1)SCCO. The van der Waals surface area contributed by atoms with Crippen LogP contribution in [0.25, 0.3) is 0 Å². The predicted octanol–water partition coefficient (Wildman–Crippen LogP) is 4.81. The van der Waals surface area contributed by atoms with Crippen LogP contribution in [0.4, 0.5) is 0 Å². The molecular weight excluding hydrogens is 308 g/mol. The van der Waals surface area contributed by atoms with E-state index >= 15 is 0 Å². The number of aliphatic hydroxyl groups excluding tert-OH is 1. The molecule has 112 valence electrons. The number of allylic oxidation sites excluding steroid dienone is 1. The zero-order valence-electron chi connectivity index (χ0n) is 11.8. The Bertz CT molecular complexity index is 399. The molecule has 0 aromatic carbocycles. The first-order valence-electron chi connectivity index (χ1n) is 6.94. The minimum absolute atomic E-state index is 0.0708. The Balaban J connectivity index is 2.47. The first-order valence-corrected chi connectivity index (χ1v) is 9.79. The third-order valence-corrected chi connectivity index (χ3v) is 5.87. The minimum Gasteiger partial charge on any atom is -0.396 e. The summed E-state index contributed by atoms with van der Waals surface area (Å²) >= 11 is 4.77. The van der Waals surface area contributed by atoms with E-state index < -0.39 is 0 Å². The van der Waals surface area contributed by atoms with Crippen LogP contribution < -0.4 is 0 Å². The number of carbonyl (C=O) groups is 1. The molecule has 1 aromatic rings. The second-order valence-electron chi connectivity index (χ2n) is 4.29. The number of hydrogen-bond donors (Lipinski definition) is 1. The summed E-state index contributed by atoms with van der Waals surface area (Å²) in [5.74, 6) is 1.76. The molecule has 0 unspecified atom stereocenters. The van der Waals surface area contributed by atoms with Crippen LogP contribution >= 0.6 is 34.9 Å². The van der Waals surface area contributed by atoms with Gasteiger partial charge in [0.05, 0.1) is 11.5 Å². The van der Waals surface area contributed by atoms with Crippen LogP contribution in [0.5, 0.6) is 0 Å². The Hall–Kier alpha value is -0.230. The number of ketones is 1. The van der Waals surface area contributed by atoms with E-state index in [0.29, 0.717) is 5.75 Å². The highest BCUT2D eigenvalue weighted by atomic mass is 32.2. The van der Waals surface area contributed by atoms with Crippen molar-refractivity contribution in [1.29, 1.82) is 0 Å². The van der Waals surface area contributed by atoms with Crippen LogP contribution in [0.2, 0.25) is 0 Å². The van der Waals surface area contributed by atoms with Gasteiger partial charge in [-0.25, -0.2) is 0 Å². The molecule has 0 atom stereocenters. The summed E-state index contributed by atoms with van der Waals surface area (Å²) in [5.41, 5.74) is 0. The molecule has 0 bridgehead atoms. The Kier molecular flexibility index (Phi) is 10.2. The van der Waals surface area contributed by atoms with Crippen molar-refractivity contribution in [2.45, 2.75) is 32.6 Å². The van der Waals surface area contributed by atoms with Gasteiger partial charge in [0.1, 0.15) is 0 Å². The highest BCUT2D eigenvalue weighted by Gasteiger charge is 2.07. The number of thioether (sulfide) groups is 2. The molecule has 0 aliphatic heterocycles. The standard InChI is InChI=1S/C15H22O2S3/c1-2-3-4-5-9-19-15(20-11-8-16)12-13(17)14-7-6-10-18-14/h6-7,10,12,16H,2-5,8-9,11H2,1H3. The summed E-state index contributed by atoms with van der Waals surface area (Å²) in [5, 5.41) is 10.9. The summed E-state index contributed by atoms with van der Waals surface area (Å²) < 4.78 is 1.02. The van der Waals surface area contributed by atoms with Crippen LogP contribution in [0.1, 0.15) is 42.3 Å². The average molecular weight is 331 g/mol. The van der Waals surface area contributed by atoms with Gasteiger partial charge in [-0.3, -0.25) is 4.79 Å². The van der Waals surface area contributed by atoms with E-state index in [1.807, 2.05) is 17.5 Å². The van der Waals surface area contributed by atoms with E-state index in [-0.39, 0.29) is 12.4 Å². The van der Waals surface area contributed by atoms with Gasteiger partial charge in [-0.2, -0.15) is 0 Å². The normalized spacial score (nSPS) is 11.8. The van der Waals surface area contributed by atoms with E-state index in [9.17, 15) is 4.79 Å². The lowest BCUT2D eigenvalue weighted by molar-refractivity contribution is 0.105. The molecule has 1 rings (SSSR count). The molecular formula is C15H22O2S3. The van der Waals surface area contributed by atoms with Gasteiger partial charge in [-0.05, 0) is 23.6 Å². The van der Waals surface area contributed by atoms with Crippen molar-refractivity contribution in [3.05, 3.63) is 32.7 Å². The fourth-order valence-electron chi connectivity index (χ4n) is 1.57. The maximum Gasteiger partial charge on any atom is 0.197 e. The highest BCUT2D eigenvalue weighted by Crippen LogP contribution is 2.30. The van der Waals surface area contributed by atoms with Gasteiger partial charge in [-0.1, -0.05) is 32.3 Å². The lowest BCUT2D eigenvalue weighted by Gasteiger charge is -2.05. The van der Waals surface area contributed by atoms with Gasteiger partial charge >= 0.3 is 0 Å². The predicted molar refractivity (Wildman–Crippen MR) is 92.9 cm³/mol. The second kappa shape index (κ2) is 11.4. The van der Waals surface area contributed by atoms with Gasteiger partial charge in [-0.15, -0.1) is 34.9 Å². The van der Waals surface area contributed by atoms with Gasteiger partial charge in [0.2, 0.25) is 0 Å². The van der Waals surface area contributed by atoms with E-state index in [1.54, 1.807) is 29.6 Å². The van der Waals surface area contributed by atoms with Crippen LogP contribution in [0.3, 0.4) is 0 Å². The molecule has 2 nitrogen and oxygen atoms in total. The molecule has 0 fully saturated rings. The molecule has 1 N–H and O–H groups in total. The van der Waals surface area contributed by atoms with Crippen LogP contribution in [-0.2, 0) is 0 Å². The van der Waals surface area contributed by atoms with Crippen molar-refractivity contribution in [3.63, 3.8) is 0 Å². The summed E-state index contributed by atoms with van der Waals surface area (Å²) in [4.78, 5) is 12.8. The zero-order valence-corrected chi connectivity index (χ0v) is 14.3. The fourth-order valence-corrected chi connectivity index (χ4v) is 4.26. The number of aliphatic hydroxyl groups is 1. The number of unbranched alkanes of at least 4 members (excludes halogenated alkanes) is 3. The summed E-state index contributed by atoms with van der Waals surface area (Å²) in [7, 11) is 0. The van der Waals surface area contributed by atoms with E-state index in [4.69, 9.17) is 5.11 Å². The van der Waals surface area contributed by atoms with Crippen molar-refractivity contribution in [2.24, 2.45) is 0 Å². The fraction of sp³-hybridized carbons (Fsp3) is 0.533. The monoisotopic (exact) mass is 330 g/mol. The molecule has 0 radical (unpaired) electrons. The molecule has 1 aromatic heterocycles. The van der Waals surface area contributed by atoms with Crippen molar-refractivity contribution >= 4 is 40.6 Å². The Labute approximate surface area is 134 Å². The molecule has 0 saturated heterocycles. The van der Waals surface area contributed by atoms with Gasteiger partial charge in [0, 0.05) is 16.1 Å². The summed E-state index contributed by atoms with van der Waals surface area (Å²) in [6.07, 6.45) is 6.67. The van der Waals surface area contributed by atoms with Crippen molar-refractivity contribution in [1.82, 2.24) is 0 Å². The second-order valence-corrected chi connectivity index (χ2v) is 7.77. The Morgan fingerprint density at radius 2 is 2.10 bits per heavy atom. The maximum absolute atomic E-state index is 12.1. The first kappa shape index (κ1) is 17.8. The maximum atomic E-state index is 12.1. The lowest BCUT2D eigenvalue weighted by Crippen LogP contribution is -1.93. The van der Waals surface area contributed by atoms with E-state index in [2.05, 4.69) is 6.92 Å². The number of rotatable bonds is 11. The lowest BCUT2D eigenvalue weighted by atomic mass is 10.2. The summed E-state index contributed by atoms with van der Waals surface area (Å²) in [6, 6.07) is 3.74. The van der Waals surface area contributed by atoms with Crippen LogP contribution in [0, 0.1) is 0 Å². The Morgan fingerprint density at radius 1 is 1.30 bits per heavy atom. The molecule has 5 heteroatoms. The molecule has 20 heavy (non-hydrogen) atoms. The molecule has 0 aliphatic rings.